The topological polar surface area (TPSA) is 38.3 Å². The number of hydrogen-bond acceptors (Lipinski definition) is 2. The molecule has 0 fully saturated rings. The summed E-state index contributed by atoms with van der Waals surface area (Å²) in [7, 11) is 1.68. The van der Waals surface area contributed by atoms with E-state index in [-0.39, 0.29) is 23.8 Å². The third-order valence-electron chi connectivity index (χ3n) is 6.60. The van der Waals surface area contributed by atoms with Gasteiger partial charge in [-0.15, -0.1) is 0 Å². The molecule has 3 heteroatoms. The Kier molecular flexibility index (Phi) is 5.95. The van der Waals surface area contributed by atoms with Crippen molar-refractivity contribution in [2.24, 2.45) is 0 Å². The summed E-state index contributed by atoms with van der Waals surface area (Å²) < 4.78 is 5.34. The fourth-order valence-corrected chi connectivity index (χ4v) is 4.96. The number of nitrogens with one attached hydrogen (secondary N) is 1. The molecule has 1 aliphatic rings. The molecule has 33 heavy (non-hydrogen) atoms. The third-order valence-corrected chi connectivity index (χ3v) is 6.60. The van der Waals surface area contributed by atoms with Crippen LogP contribution in [0, 0.1) is 0 Å². The largest absolute Gasteiger partial charge is 0.497 e. The van der Waals surface area contributed by atoms with Gasteiger partial charge in [-0.05, 0) is 46.4 Å². The van der Waals surface area contributed by atoms with Crippen molar-refractivity contribution in [3.63, 3.8) is 0 Å². The lowest BCUT2D eigenvalue weighted by atomic mass is 9.88. The van der Waals surface area contributed by atoms with Crippen LogP contribution in [-0.4, -0.2) is 13.0 Å². The molecule has 0 aromatic heterocycles. The summed E-state index contributed by atoms with van der Waals surface area (Å²) in [6, 6.07) is 36.6. The average Bonchev–Trinajstić information content (AvgIpc) is 3.24. The van der Waals surface area contributed by atoms with Gasteiger partial charge in [0.25, 0.3) is 0 Å². The summed E-state index contributed by atoms with van der Waals surface area (Å²) in [6.07, 6.45) is 0.898. The Morgan fingerprint density at radius 2 is 1.36 bits per heavy atom. The maximum absolute atomic E-state index is 13.9. The second-order valence-electron chi connectivity index (χ2n) is 8.52. The van der Waals surface area contributed by atoms with Crippen molar-refractivity contribution in [1.29, 1.82) is 0 Å². The van der Waals surface area contributed by atoms with Crippen LogP contribution in [0.25, 0.3) is 0 Å². The van der Waals surface area contributed by atoms with Gasteiger partial charge in [-0.2, -0.15) is 0 Å². The van der Waals surface area contributed by atoms with Crippen molar-refractivity contribution in [2.75, 3.05) is 7.11 Å². The zero-order valence-electron chi connectivity index (χ0n) is 18.6. The quantitative estimate of drug-likeness (QED) is 0.403. The molecule has 0 radical (unpaired) electrons. The first-order valence-electron chi connectivity index (χ1n) is 11.4. The Bertz CT molecular complexity index is 1180. The number of ether oxygens (including phenoxy) is 1. The van der Waals surface area contributed by atoms with Gasteiger partial charge in [-0.25, -0.2) is 0 Å². The maximum Gasteiger partial charge on any atom is 0.232 e. The second-order valence-corrected chi connectivity index (χ2v) is 8.52. The van der Waals surface area contributed by atoms with Crippen molar-refractivity contribution >= 4 is 5.91 Å². The van der Waals surface area contributed by atoms with Crippen LogP contribution < -0.4 is 10.1 Å². The van der Waals surface area contributed by atoms with Crippen molar-refractivity contribution < 1.29 is 9.53 Å². The molecule has 0 heterocycles. The van der Waals surface area contributed by atoms with Crippen LogP contribution in [0.3, 0.4) is 0 Å². The number of carbonyl (C=O) groups is 1. The summed E-state index contributed by atoms with van der Waals surface area (Å²) in [5, 5.41) is 3.44. The van der Waals surface area contributed by atoms with Gasteiger partial charge >= 0.3 is 0 Å². The molecule has 4 aromatic rings. The van der Waals surface area contributed by atoms with Crippen molar-refractivity contribution in [1.82, 2.24) is 5.32 Å². The van der Waals surface area contributed by atoms with Crippen LogP contribution >= 0.6 is 0 Å². The molecule has 0 saturated heterocycles. The Labute approximate surface area is 195 Å². The molecule has 0 unspecified atom stereocenters. The molecule has 4 aromatic carbocycles. The van der Waals surface area contributed by atoms with Crippen molar-refractivity contribution in [3.8, 4) is 5.75 Å². The van der Waals surface area contributed by atoms with E-state index in [2.05, 4.69) is 41.7 Å². The van der Waals surface area contributed by atoms with Gasteiger partial charge < -0.3 is 10.1 Å². The predicted molar refractivity (Wildman–Crippen MR) is 131 cm³/mol. The highest BCUT2D eigenvalue weighted by molar-refractivity contribution is 5.87. The molecule has 5 rings (SSSR count). The third kappa shape index (κ3) is 4.27. The van der Waals surface area contributed by atoms with E-state index in [1.807, 2.05) is 72.8 Å². The van der Waals surface area contributed by atoms with Crippen LogP contribution in [0.4, 0.5) is 0 Å². The van der Waals surface area contributed by atoms with E-state index in [1.54, 1.807) is 7.11 Å². The Hall–Kier alpha value is -3.85. The summed E-state index contributed by atoms with van der Waals surface area (Å²) >= 11 is 0. The summed E-state index contributed by atoms with van der Waals surface area (Å²) in [5.74, 6) is 0.664. The Morgan fingerprint density at radius 3 is 1.97 bits per heavy atom. The molecule has 0 saturated carbocycles. The second kappa shape index (κ2) is 9.33. The van der Waals surface area contributed by atoms with Crippen molar-refractivity contribution in [2.45, 2.75) is 24.3 Å². The Balaban J connectivity index is 1.50. The van der Waals surface area contributed by atoms with Gasteiger partial charge in [0, 0.05) is 5.92 Å². The van der Waals surface area contributed by atoms with Crippen LogP contribution in [0.1, 0.15) is 45.7 Å². The molecule has 0 spiro atoms. The van der Waals surface area contributed by atoms with E-state index < -0.39 is 0 Å². The zero-order chi connectivity index (χ0) is 22.6. The molecular weight excluding hydrogens is 406 g/mol. The van der Waals surface area contributed by atoms with E-state index in [0.29, 0.717) is 0 Å². The van der Waals surface area contributed by atoms with Gasteiger partial charge in [0.2, 0.25) is 5.91 Å². The number of rotatable bonds is 6. The number of fused-ring (bicyclic) bond motifs is 1. The van der Waals surface area contributed by atoms with Gasteiger partial charge in [0.05, 0.1) is 19.1 Å². The average molecular weight is 434 g/mol. The van der Waals surface area contributed by atoms with Crippen LogP contribution in [0.15, 0.2) is 109 Å². The van der Waals surface area contributed by atoms with E-state index in [9.17, 15) is 4.79 Å². The number of amides is 1. The van der Waals surface area contributed by atoms with Gasteiger partial charge in [-0.3, -0.25) is 4.79 Å². The summed E-state index contributed by atoms with van der Waals surface area (Å²) in [4.78, 5) is 13.9. The van der Waals surface area contributed by atoms with E-state index in [0.717, 1.165) is 23.3 Å². The van der Waals surface area contributed by atoms with E-state index in [1.165, 1.54) is 16.7 Å². The lowest BCUT2D eigenvalue weighted by Crippen LogP contribution is -2.35. The summed E-state index contributed by atoms with van der Waals surface area (Å²) in [5.41, 5.74) is 5.68. The minimum Gasteiger partial charge on any atom is -0.497 e. The highest BCUT2D eigenvalue weighted by Gasteiger charge is 2.36. The SMILES string of the molecule is COc1ccc([C@H]2Cc3ccccc3[C@H]2NC(=O)C(c2ccccc2)c2ccccc2)cc1. The first kappa shape index (κ1) is 21.0. The zero-order valence-corrected chi connectivity index (χ0v) is 18.6. The fraction of sp³-hybridized carbons (Fsp3) is 0.167. The molecular formula is C30H27NO2. The van der Waals surface area contributed by atoms with E-state index in [4.69, 9.17) is 4.74 Å². The number of benzene rings is 4. The molecule has 0 bridgehead atoms. The lowest BCUT2D eigenvalue weighted by molar-refractivity contribution is -0.122. The lowest BCUT2D eigenvalue weighted by Gasteiger charge is -2.26. The van der Waals surface area contributed by atoms with Gasteiger partial charge in [0.1, 0.15) is 5.75 Å². The van der Waals surface area contributed by atoms with Crippen molar-refractivity contribution in [3.05, 3.63) is 137 Å². The highest BCUT2D eigenvalue weighted by atomic mass is 16.5. The molecule has 164 valence electrons. The molecule has 0 aliphatic heterocycles. The smallest absolute Gasteiger partial charge is 0.232 e. The van der Waals surface area contributed by atoms with Crippen LogP contribution in [0.2, 0.25) is 0 Å². The number of methoxy groups -OCH3 is 1. The van der Waals surface area contributed by atoms with Gasteiger partial charge in [-0.1, -0.05) is 97.1 Å². The molecule has 3 nitrogen and oxygen atoms in total. The number of carbonyl (C=O) groups excluding carboxylic acids is 1. The van der Waals surface area contributed by atoms with Crippen LogP contribution in [-0.2, 0) is 11.2 Å². The minimum absolute atomic E-state index is 0.0209. The monoisotopic (exact) mass is 433 g/mol. The minimum atomic E-state index is -0.364. The molecule has 2 atom stereocenters. The van der Waals surface area contributed by atoms with Gasteiger partial charge in [0.15, 0.2) is 0 Å². The maximum atomic E-state index is 13.9. The standard InChI is InChI=1S/C30H27NO2/c1-33-25-18-16-21(17-19-25)27-20-24-14-8-9-15-26(24)29(27)31-30(32)28(22-10-4-2-5-11-22)23-12-6-3-7-13-23/h2-19,27-29H,20H2,1H3,(H,31,32)/t27-,29-/m1/s1. The van der Waals surface area contributed by atoms with Crippen LogP contribution in [0.5, 0.6) is 5.75 Å². The van der Waals surface area contributed by atoms with E-state index >= 15 is 0 Å². The molecule has 1 N–H and O–H groups in total. The Morgan fingerprint density at radius 1 is 0.788 bits per heavy atom. The highest BCUT2D eigenvalue weighted by Crippen LogP contribution is 2.43. The molecule has 1 amide bonds. The summed E-state index contributed by atoms with van der Waals surface area (Å²) in [6.45, 7) is 0. The number of hydrogen-bond donors (Lipinski definition) is 1. The fourth-order valence-electron chi connectivity index (χ4n) is 4.96. The normalized spacial score (nSPS) is 16.9. The first-order valence-corrected chi connectivity index (χ1v) is 11.4. The predicted octanol–water partition coefficient (Wildman–Crippen LogP) is 6.02. The first-order chi connectivity index (χ1) is 16.2. The molecule has 1 aliphatic carbocycles.